The van der Waals surface area contributed by atoms with Crippen molar-refractivity contribution >= 4 is 33.0 Å². The van der Waals surface area contributed by atoms with Crippen molar-refractivity contribution in [3.8, 4) is 11.8 Å². The molecular formula is C9H4ClNOS. The van der Waals surface area contributed by atoms with Crippen LogP contribution in [0.2, 0.25) is 4.34 Å². The predicted molar refractivity (Wildman–Crippen MR) is 53.2 cm³/mol. The van der Waals surface area contributed by atoms with E-state index in [1.54, 1.807) is 12.1 Å². The maximum Gasteiger partial charge on any atom is 0.125 e. The van der Waals surface area contributed by atoms with Gasteiger partial charge < -0.3 is 5.11 Å². The van der Waals surface area contributed by atoms with E-state index in [-0.39, 0.29) is 5.75 Å². The maximum absolute atomic E-state index is 9.49. The highest BCUT2D eigenvalue weighted by molar-refractivity contribution is 7.23. The van der Waals surface area contributed by atoms with E-state index in [9.17, 15) is 5.11 Å². The fourth-order valence-corrected chi connectivity index (χ4v) is 2.49. The molecule has 0 aliphatic rings. The first-order chi connectivity index (χ1) is 6.24. The van der Waals surface area contributed by atoms with Gasteiger partial charge in [-0.3, -0.25) is 0 Å². The Kier molecular flexibility index (Phi) is 1.87. The second-order valence-corrected chi connectivity index (χ2v) is 4.17. The van der Waals surface area contributed by atoms with Gasteiger partial charge in [-0.2, -0.15) is 5.26 Å². The third-order valence-electron chi connectivity index (χ3n) is 1.76. The highest BCUT2D eigenvalue weighted by atomic mass is 35.5. The molecule has 4 heteroatoms. The minimum absolute atomic E-state index is 0.109. The van der Waals surface area contributed by atoms with Crippen LogP contribution in [0.1, 0.15) is 5.56 Å². The molecule has 1 heterocycles. The summed E-state index contributed by atoms with van der Waals surface area (Å²) in [6.45, 7) is 0. The third-order valence-corrected chi connectivity index (χ3v) is 3.13. The van der Waals surface area contributed by atoms with Gasteiger partial charge in [0.1, 0.15) is 16.2 Å². The van der Waals surface area contributed by atoms with Crippen LogP contribution in [0.3, 0.4) is 0 Å². The van der Waals surface area contributed by atoms with Crippen LogP contribution in [-0.2, 0) is 0 Å². The van der Waals surface area contributed by atoms with Crippen LogP contribution < -0.4 is 0 Å². The zero-order valence-corrected chi connectivity index (χ0v) is 7.99. The molecule has 1 aromatic carbocycles. The van der Waals surface area contributed by atoms with E-state index in [1.807, 2.05) is 12.1 Å². The summed E-state index contributed by atoms with van der Waals surface area (Å²) in [6.07, 6.45) is 0. The van der Waals surface area contributed by atoms with Crippen LogP contribution in [0, 0.1) is 11.3 Å². The van der Waals surface area contributed by atoms with E-state index in [2.05, 4.69) is 0 Å². The van der Waals surface area contributed by atoms with Crippen molar-refractivity contribution in [3.05, 3.63) is 28.1 Å². The molecule has 13 heavy (non-hydrogen) atoms. The molecule has 1 aromatic heterocycles. The van der Waals surface area contributed by atoms with Crippen LogP contribution in [-0.4, -0.2) is 5.11 Å². The Morgan fingerprint density at radius 3 is 2.92 bits per heavy atom. The lowest BCUT2D eigenvalue weighted by Crippen LogP contribution is -1.71. The van der Waals surface area contributed by atoms with E-state index in [0.29, 0.717) is 15.3 Å². The zero-order chi connectivity index (χ0) is 9.42. The first-order valence-electron chi connectivity index (χ1n) is 3.54. The number of nitrogens with zero attached hydrogens (tertiary/aromatic N) is 1. The molecule has 1 N–H and O–H groups in total. The summed E-state index contributed by atoms with van der Waals surface area (Å²) in [6, 6.07) is 7.08. The summed E-state index contributed by atoms with van der Waals surface area (Å²) < 4.78 is 1.26. The fraction of sp³-hybridized carbons (Fsp3) is 0. The van der Waals surface area contributed by atoms with Crippen LogP contribution >= 0.6 is 22.9 Å². The number of aromatic hydroxyl groups is 1. The fourth-order valence-electron chi connectivity index (χ4n) is 1.20. The molecule has 0 fully saturated rings. The average Bonchev–Trinajstić information content (AvgIpc) is 2.42. The molecule has 0 aliphatic heterocycles. The van der Waals surface area contributed by atoms with Crippen molar-refractivity contribution in [2.75, 3.05) is 0 Å². The Balaban J connectivity index is 2.99. The van der Waals surface area contributed by atoms with E-state index >= 15 is 0 Å². The lowest BCUT2D eigenvalue weighted by molar-refractivity contribution is 0.481. The highest BCUT2D eigenvalue weighted by Crippen LogP contribution is 2.38. The van der Waals surface area contributed by atoms with Crippen LogP contribution in [0.25, 0.3) is 10.1 Å². The van der Waals surface area contributed by atoms with Crippen LogP contribution in [0.5, 0.6) is 5.75 Å². The summed E-state index contributed by atoms with van der Waals surface area (Å²) >= 11 is 7.13. The predicted octanol–water partition coefficient (Wildman–Crippen LogP) is 3.13. The lowest BCUT2D eigenvalue weighted by atomic mass is 10.2. The van der Waals surface area contributed by atoms with Gasteiger partial charge in [-0.05, 0) is 12.1 Å². The number of phenols is 1. The number of hydrogen-bond donors (Lipinski definition) is 1. The number of hydrogen-bond acceptors (Lipinski definition) is 3. The van der Waals surface area contributed by atoms with Gasteiger partial charge in [-0.25, -0.2) is 0 Å². The average molecular weight is 210 g/mol. The molecule has 0 spiro atoms. The van der Waals surface area contributed by atoms with Gasteiger partial charge in [-0.1, -0.05) is 17.7 Å². The van der Waals surface area contributed by atoms with Gasteiger partial charge in [-0.15, -0.1) is 11.3 Å². The van der Waals surface area contributed by atoms with Gasteiger partial charge in [0.05, 0.1) is 10.9 Å². The molecule has 0 bridgehead atoms. The van der Waals surface area contributed by atoms with Crippen molar-refractivity contribution in [2.24, 2.45) is 0 Å². The van der Waals surface area contributed by atoms with E-state index in [0.717, 1.165) is 4.70 Å². The second kappa shape index (κ2) is 2.91. The molecule has 0 atom stereocenters. The molecule has 0 amide bonds. The van der Waals surface area contributed by atoms with Crippen molar-refractivity contribution in [3.63, 3.8) is 0 Å². The first kappa shape index (κ1) is 8.36. The number of thiophene rings is 1. The lowest BCUT2D eigenvalue weighted by Gasteiger charge is -1.93. The van der Waals surface area contributed by atoms with E-state index < -0.39 is 0 Å². The zero-order valence-electron chi connectivity index (χ0n) is 6.41. The van der Waals surface area contributed by atoms with Crippen molar-refractivity contribution < 1.29 is 5.11 Å². The van der Waals surface area contributed by atoms with Crippen LogP contribution in [0.15, 0.2) is 18.2 Å². The molecule has 2 aromatic rings. The number of halogens is 1. The second-order valence-electron chi connectivity index (χ2n) is 2.51. The molecule has 0 aliphatic carbocycles. The Bertz CT molecular complexity index is 512. The summed E-state index contributed by atoms with van der Waals surface area (Å²) in [5.74, 6) is 0.109. The van der Waals surface area contributed by atoms with Crippen molar-refractivity contribution in [1.29, 1.82) is 5.26 Å². The van der Waals surface area contributed by atoms with E-state index in [1.165, 1.54) is 11.3 Å². The molecule has 0 unspecified atom stereocenters. The third kappa shape index (κ3) is 1.15. The van der Waals surface area contributed by atoms with Crippen molar-refractivity contribution in [2.45, 2.75) is 0 Å². The number of rotatable bonds is 0. The van der Waals surface area contributed by atoms with Gasteiger partial charge >= 0.3 is 0 Å². The topological polar surface area (TPSA) is 44.0 Å². The summed E-state index contributed by atoms with van der Waals surface area (Å²) in [4.78, 5) is 0. The smallest absolute Gasteiger partial charge is 0.125 e. The molecular weight excluding hydrogens is 206 g/mol. The monoisotopic (exact) mass is 209 g/mol. The number of benzene rings is 1. The summed E-state index contributed by atoms with van der Waals surface area (Å²) in [7, 11) is 0. The van der Waals surface area contributed by atoms with Gasteiger partial charge in [0.25, 0.3) is 0 Å². The highest BCUT2D eigenvalue weighted by Gasteiger charge is 2.12. The minimum atomic E-state index is 0.109. The number of phenolic OH excluding ortho intramolecular Hbond substituents is 1. The van der Waals surface area contributed by atoms with Gasteiger partial charge in [0.15, 0.2) is 0 Å². The molecule has 2 nitrogen and oxygen atoms in total. The van der Waals surface area contributed by atoms with Crippen LogP contribution in [0.4, 0.5) is 0 Å². The maximum atomic E-state index is 9.49. The Morgan fingerprint density at radius 2 is 2.23 bits per heavy atom. The van der Waals surface area contributed by atoms with Gasteiger partial charge in [0, 0.05) is 4.70 Å². The Labute approximate surface area is 83.6 Å². The SMILES string of the molecule is N#Cc1c(Cl)sc2cccc(O)c12. The summed E-state index contributed by atoms with van der Waals surface area (Å²) in [5.41, 5.74) is 0.361. The Morgan fingerprint density at radius 1 is 1.46 bits per heavy atom. The number of fused-ring (bicyclic) bond motifs is 1. The quantitative estimate of drug-likeness (QED) is 0.725. The molecule has 2 rings (SSSR count). The van der Waals surface area contributed by atoms with Gasteiger partial charge in [0.2, 0.25) is 0 Å². The molecule has 64 valence electrons. The molecule has 0 radical (unpaired) electrons. The first-order valence-corrected chi connectivity index (χ1v) is 4.73. The molecule has 0 saturated heterocycles. The molecule has 0 saturated carbocycles. The Hall–Kier alpha value is -1.24. The van der Waals surface area contributed by atoms with E-state index in [4.69, 9.17) is 16.9 Å². The standard InChI is InChI=1S/C9H4ClNOS/c10-9-5(4-11)8-6(12)2-1-3-7(8)13-9/h1-3,12H. The minimum Gasteiger partial charge on any atom is -0.507 e. The summed E-state index contributed by atoms with van der Waals surface area (Å²) in [5, 5.41) is 18.8. The largest absolute Gasteiger partial charge is 0.507 e. The number of nitriles is 1. The normalized spacial score (nSPS) is 10.2. The van der Waals surface area contributed by atoms with Crippen molar-refractivity contribution in [1.82, 2.24) is 0 Å².